The van der Waals surface area contributed by atoms with Crippen LogP contribution in [0.4, 0.5) is 5.69 Å². The fourth-order valence-electron chi connectivity index (χ4n) is 5.23. The minimum absolute atomic E-state index is 0.168. The molecule has 212 valence electrons. The van der Waals surface area contributed by atoms with E-state index >= 15 is 0 Å². The molecule has 0 spiro atoms. The molecule has 1 aliphatic rings. The van der Waals surface area contributed by atoms with E-state index in [0.29, 0.717) is 11.8 Å². The van der Waals surface area contributed by atoms with Crippen molar-refractivity contribution in [1.82, 2.24) is 4.90 Å². The van der Waals surface area contributed by atoms with Crippen molar-refractivity contribution in [3.63, 3.8) is 0 Å². The summed E-state index contributed by atoms with van der Waals surface area (Å²) in [5, 5.41) is 10.3. The highest BCUT2D eigenvalue weighted by Crippen LogP contribution is 2.39. The van der Waals surface area contributed by atoms with Crippen LogP contribution in [0.25, 0.3) is 11.1 Å². The van der Waals surface area contributed by atoms with Crippen LogP contribution in [0.1, 0.15) is 65.2 Å². The van der Waals surface area contributed by atoms with Crippen molar-refractivity contribution in [3.05, 3.63) is 89.5 Å². The molecule has 0 amide bonds. The fraction of sp³-hybridized carbons (Fsp3) is 0.400. The molecule has 0 unspecified atom stereocenters. The number of ether oxygens (including phenoxy) is 1. The number of benzene rings is 3. The van der Waals surface area contributed by atoms with Crippen molar-refractivity contribution in [2.45, 2.75) is 54.5 Å². The van der Waals surface area contributed by atoms with E-state index in [2.05, 4.69) is 67.8 Å². The summed E-state index contributed by atoms with van der Waals surface area (Å²) in [6.45, 7) is 18.6. The van der Waals surface area contributed by atoms with E-state index in [-0.39, 0.29) is 17.6 Å². The van der Waals surface area contributed by atoms with Crippen LogP contribution in [0.2, 0.25) is 0 Å². The maximum atomic E-state index is 12.7. The predicted molar refractivity (Wildman–Crippen MR) is 166 cm³/mol. The number of rotatable bonds is 7. The monoisotopic (exact) mass is 540 g/mol. The minimum Gasteiger partial charge on any atom is -0.508 e. The van der Waals surface area contributed by atoms with Gasteiger partial charge in [0.05, 0.1) is 5.41 Å². The SMILES string of the molecule is CC(C)/C(=C(/c1ccc(N2CCN(C(C)C)CC2)cc1)c1cccc(OC(=O)C(C)(C)C)c1)c1cccc(O)c1. The Kier molecular flexibility index (Phi) is 9.05. The molecule has 1 heterocycles. The highest BCUT2D eigenvalue weighted by Gasteiger charge is 2.25. The lowest BCUT2D eigenvalue weighted by Gasteiger charge is -2.38. The van der Waals surface area contributed by atoms with E-state index in [1.807, 2.05) is 57.2 Å². The first-order valence-corrected chi connectivity index (χ1v) is 14.4. The first-order chi connectivity index (χ1) is 18.9. The molecule has 0 radical (unpaired) electrons. The lowest BCUT2D eigenvalue weighted by atomic mass is 9.84. The number of aromatic hydroxyl groups is 1. The first-order valence-electron chi connectivity index (χ1n) is 14.4. The topological polar surface area (TPSA) is 53.0 Å². The van der Waals surface area contributed by atoms with E-state index < -0.39 is 5.41 Å². The van der Waals surface area contributed by atoms with Gasteiger partial charge in [0.15, 0.2) is 0 Å². The van der Waals surface area contributed by atoms with Crippen molar-refractivity contribution < 1.29 is 14.6 Å². The second kappa shape index (κ2) is 12.3. The molecule has 4 rings (SSSR count). The Hall–Kier alpha value is -3.57. The van der Waals surface area contributed by atoms with Gasteiger partial charge in [0.1, 0.15) is 11.5 Å². The molecule has 0 saturated carbocycles. The average molecular weight is 541 g/mol. The second-order valence-corrected chi connectivity index (χ2v) is 12.3. The zero-order chi connectivity index (χ0) is 29.0. The standard InChI is InChI=1S/C35H44N2O3/c1-24(2)32(27-10-8-12-30(38)22-27)33(28-11-9-13-31(23-28)40-34(39)35(5,6)7)26-14-16-29(17-15-26)37-20-18-36(19-21-37)25(3)4/h8-17,22-25,38H,18-21H2,1-7H3/b33-32+. The number of phenolic OH excluding ortho intramolecular Hbond substituents is 1. The number of carbonyl (C=O) groups is 1. The van der Waals surface area contributed by atoms with Crippen LogP contribution >= 0.6 is 0 Å². The Labute approximate surface area is 240 Å². The van der Waals surface area contributed by atoms with Gasteiger partial charge in [0.2, 0.25) is 0 Å². The molecule has 40 heavy (non-hydrogen) atoms. The molecule has 0 bridgehead atoms. The van der Waals surface area contributed by atoms with E-state index in [1.54, 1.807) is 6.07 Å². The van der Waals surface area contributed by atoms with E-state index in [1.165, 1.54) is 5.69 Å². The molecular formula is C35H44N2O3. The van der Waals surface area contributed by atoms with Gasteiger partial charge in [-0.05, 0) is 105 Å². The molecule has 0 aliphatic carbocycles. The van der Waals surface area contributed by atoms with E-state index in [4.69, 9.17) is 4.74 Å². The third-order valence-corrected chi connectivity index (χ3v) is 7.52. The maximum Gasteiger partial charge on any atom is 0.316 e. The van der Waals surface area contributed by atoms with Gasteiger partial charge in [-0.2, -0.15) is 0 Å². The number of nitrogens with zero attached hydrogens (tertiary/aromatic N) is 2. The Morgan fingerprint density at radius 2 is 1.43 bits per heavy atom. The zero-order valence-electron chi connectivity index (χ0n) is 25.1. The molecule has 5 nitrogen and oxygen atoms in total. The molecular weight excluding hydrogens is 496 g/mol. The quantitative estimate of drug-likeness (QED) is 0.191. The summed E-state index contributed by atoms with van der Waals surface area (Å²) in [6, 6.07) is 24.6. The Morgan fingerprint density at radius 3 is 2.00 bits per heavy atom. The van der Waals surface area contributed by atoms with Gasteiger partial charge in [-0.1, -0.05) is 50.2 Å². The van der Waals surface area contributed by atoms with E-state index in [0.717, 1.165) is 54.0 Å². The Bertz CT molecular complexity index is 1340. The van der Waals surface area contributed by atoms with E-state index in [9.17, 15) is 9.90 Å². The molecule has 1 aliphatic heterocycles. The minimum atomic E-state index is -0.601. The van der Waals surface area contributed by atoms with Crippen LogP contribution in [0.15, 0.2) is 72.8 Å². The summed E-state index contributed by atoms with van der Waals surface area (Å²) in [4.78, 5) is 17.6. The van der Waals surface area contributed by atoms with Crippen molar-refractivity contribution in [2.75, 3.05) is 31.1 Å². The van der Waals surface area contributed by atoms with Gasteiger partial charge in [0.25, 0.3) is 0 Å². The maximum absolute atomic E-state index is 12.7. The third-order valence-electron chi connectivity index (χ3n) is 7.52. The normalized spacial score (nSPS) is 15.4. The lowest BCUT2D eigenvalue weighted by Crippen LogP contribution is -2.48. The molecule has 5 heteroatoms. The van der Waals surface area contributed by atoms with Crippen molar-refractivity contribution in [2.24, 2.45) is 11.3 Å². The second-order valence-electron chi connectivity index (χ2n) is 12.3. The molecule has 0 aromatic heterocycles. The zero-order valence-corrected chi connectivity index (χ0v) is 25.1. The molecule has 1 saturated heterocycles. The summed E-state index contributed by atoms with van der Waals surface area (Å²) in [7, 11) is 0. The van der Waals surface area contributed by atoms with Crippen LogP contribution in [0.5, 0.6) is 11.5 Å². The number of carbonyl (C=O) groups excluding carboxylic acids is 1. The molecule has 3 aromatic rings. The van der Waals surface area contributed by atoms with Crippen molar-refractivity contribution >= 4 is 22.8 Å². The Morgan fingerprint density at radius 1 is 0.800 bits per heavy atom. The van der Waals surface area contributed by atoms with Crippen LogP contribution in [-0.2, 0) is 4.79 Å². The number of phenols is 1. The van der Waals surface area contributed by atoms with Crippen LogP contribution < -0.4 is 9.64 Å². The number of esters is 1. The van der Waals surface area contributed by atoms with Gasteiger partial charge in [-0.15, -0.1) is 0 Å². The predicted octanol–water partition coefficient (Wildman–Crippen LogP) is 7.49. The summed E-state index contributed by atoms with van der Waals surface area (Å²) in [5.74, 6) is 0.655. The average Bonchev–Trinajstić information content (AvgIpc) is 2.91. The van der Waals surface area contributed by atoms with Crippen molar-refractivity contribution in [3.8, 4) is 11.5 Å². The van der Waals surface area contributed by atoms with Crippen LogP contribution in [0.3, 0.4) is 0 Å². The van der Waals surface area contributed by atoms with Gasteiger partial charge in [-0.3, -0.25) is 9.69 Å². The van der Waals surface area contributed by atoms with Crippen LogP contribution in [0, 0.1) is 11.3 Å². The molecule has 1 fully saturated rings. The van der Waals surface area contributed by atoms with Gasteiger partial charge >= 0.3 is 5.97 Å². The highest BCUT2D eigenvalue weighted by molar-refractivity contribution is 5.99. The molecule has 0 atom stereocenters. The summed E-state index contributed by atoms with van der Waals surface area (Å²) in [5.41, 5.74) is 5.81. The van der Waals surface area contributed by atoms with Crippen LogP contribution in [-0.4, -0.2) is 48.2 Å². The summed E-state index contributed by atoms with van der Waals surface area (Å²) < 4.78 is 5.78. The smallest absolute Gasteiger partial charge is 0.316 e. The summed E-state index contributed by atoms with van der Waals surface area (Å²) >= 11 is 0. The first kappa shape index (κ1) is 29.4. The van der Waals surface area contributed by atoms with Gasteiger partial charge in [-0.25, -0.2) is 0 Å². The highest BCUT2D eigenvalue weighted by atomic mass is 16.5. The molecule has 3 aromatic carbocycles. The molecule has 1 N–H and O–H groups in total. The number of hydrogen-bond acceptors (Lipinski definition) is 5. The Balaban J connectivity index is 1.78. The van der Waals surface area contributed by atoms with Gasteiger partial charge in [0, 0.05) is 37.9 Å². The van der Waals surface area contributed by atoms with Crippen molar-refractivity contribution in [1.29, 1.82) is 0 Å². The largest absolute Gasteiger partial charge is 0.508 e. The van der Waals surface area contributed by atoms with Gasteiger partial charge < -0.3 is 14.7 Å². The fourth-order valence-corrected chi connectivity index (χ4v) is 5.23. The lowest BCUT2D eigenvalue weighted by molar-refractivity contribution is -0.143. The number of hydrogen-bond donors (Lipinski definition) is 1. The number of anilines is 1. The third kappa shape index (κ3) is 6.95. The number of piperazine rings is 1. The number of allylic oxidation sites excluding steroid dienone is 1. The summed E-state index contributed by atoms with van der Waals surface area (Å²) in [6.07, 6.45) is 0.